The maximum atomic E-state index is 11.5. The zero-order valence-corrected chi connectivity index (χ0v) is 9.53. The number of rotatable bonds is 3. The Morgan fingerprint density at radius 2 is 2.00 bits per heavy atom. The van der Waals surface area contributed by atoms with E-state index in [2.05, 4.69) is 0 Å². The van der Waals surface area contributed by atoms with E-state index in [1.165, 1.54) is 4.90 Å². The van der Waals surface area contributed by atoms with Crippen molar-refractivity contribution in [1.29, 1.82) is 0 Å². The Labute approximate surface area is 85.2 Å². The highest BCUT2D eigenvalue weighted by molar-refractivity contribution is 5.73. The molecule has 14 heavy (non-hydrogen) atoms. The fraction of sp³-hybridized carbons (Fsp3) is 0.800. The molecule has 82 valence electrons. The van der Waals surface area contributed by atoms with Crippen LogP contribution in [0.4, 0.5) is 4.79 Å². The van der Waals surface area contributed by atoms with Gasteiger partial charge in [0.05, 0.1) is 6.04 Å². The molecule has 0 aliphatic heterocycles. The fourth-order valence-electron chi connectivity index (χ4n) is 0.931. The highest BCUT2D eigenvalue weighted by Gasteiger charge is 2.23. The van der Waals surface area contributed by atoms with E-state index in [1.54, 1.807) is 27.8 Å². The zero-order chi connectivity index (χ0) is 11.4. The molecule has 0 aromatic heterocycles. The van der Waals surface area contributed by atoms with Crippen LogP contribution in [0.5, 0.6) is 0 Å². The molecule has 1 atom stereocenters. The summed E-state index contributed by atoms with van der Waals surface area (Å²) in [5, 5.41) is 0. The molecule has 0 spiro atoms. The van der Waals surface area contributed by atoms with Gasteiger partial charge in [-0.2, -0.15) is 0 Å². The van der Waals surface area contributed by atoms with E-state index >= 15 is 0 Å². The topological polar surface area (TPSA) is 46.6 Å². The monoisotopic (exact) mass is 201 g/mol. The summed E-state index contributed by atoms with van der Waals surface area (Å²) in [6, 6.07) is -0.398. The Morgan fingerprint density at radius 1 is 1.50 bits per heavy atom. The van der Waals surface area contributed by atoms with Crippen molar-refractivity contribution in [2.45, 2.75) is 45.8 Å². The van der Waals surface area contributed by atoms with Crippen LogP contribution >= 0.6 is 0 Å². The first-order valence-corrected chi connectivity index (χ1v) is 4.73. The van der Waals surface area contributed by atoms with Crippen LogP contribution in [-0.4, -0.2) is 36.0 Å². The lowest BCUT2D eigenvalue weighted by Crippen LogP contribution is -2.41. The molecule has 0 radical (unpaired) electrons. The van der Waals surface area contributed by atoms with Crippen molar-refractivity contribution < 1.29 is 14.3 Å². The molecule has 4 heteroatoms. The molecule has 0 N–H and O–H groups in total. The van der Waals surface area contributed by atoms with E-state index in [1.807, 2.05) is 6.92 Å². The minimum atomic E-state index is -0.521. The second kappa shape index (κ2) is 4.98. The number of carbonyl (C=O) groups is 2. The third-order valence-corrected chi connectivity index (χ3v) is 1.75. The molecule has 0 aliphatic carbocycles. The Balaban J connectivity index is 4.31. The van der Waals surface area contributed by atoms with Gasteiger partial charge >= 0.3 is 6.09 Å². The first kappa shape index (κ1) is 12.9. The van der Waals surface area contributed by atoms with Gasteiger partial charge in [-0.3, -0.25) is 0 Å². The molecular weight excluding hydrogens is 182 g/mol. The van der Waals surface area contributed by atoms with Gasteiger partial charge < -0.3 is 14.4 Å². The van der Waals surface area contributed by atoms with Crippen LogP contribution in [0.15, 0.2) is 0 Å². The summed E-state index contributed by atoms with van der Waals surface area (Å²) >= 11 is 0. The summed E-state index contributed by atoms with van der Waals surface area (Å²) in [5.41, 5.74) is -0.521. The average molecular weight is 201 g/mol. The predicted molar refractivity (Wildman–Crippen MR) is 54.1 cm³/mol. The molecule has 0 aromatic rings. The lowest BCUT2D eigenvalue weighted by Gasteiger charge is -2.27. The number of carbonyl (C=O) groups excluding carboxylic acids is 2. The van der Waals surface area contributed by atoms with Crippen molar-refractivity contribution in [2.24, 2.45) is 0 Å². The van der Waals surface area contributed by atoms with Crippen LogP contribution in [0.1, 0.15) is 34.1 Å². The Kier molecular flexibility index (Phi) is 4.60. The summed E-state index contributed by atoms with van der Waals surface area (Å²) in [4.78, 5) is 23.4. The van der Waals surface area contributed by atoms with Crippen molar-refractivity contribution in [3.05, 3.63) is 0 Å². The molecule has 0 saturated carbocycles. The highest BCUT2D eigenvalue weighted by Crippen LogP contribution is 2.11. The number of hydrogen-bond donors (Lipinski definition) is 0. The number of amides is 1. The van der Waals surface area contributed by atoms with Gasteiger partial charge in [0.2, 0.25) is 0 Å². The Bertz CT molecular complexity index is 208. The molecular formula is C10H19NO3. The highest BCUT2D eigenvalue weighted by atomic mass is 16.6. The van der Waals surface area contributed by atoms with Gasteiger partial charge in [-0.05, 0) is 27.2 Å². The third kappa shape index (κ3) is 4.25. The normalized spacial score (nSPS) is 13.2. The van der Waals surface area contributed by atoms with Gasteiger partial charge in [0.25, 0.3) is 0 Å². The van der Waals surface area contributed by atoms with Gasteiger partial charge in [0, 0.05) is 7.05 Å². The summed E-state index contributed by atoms with van der Waals surface area (Å²) in [7, 11) is 1.57. The molecule has 0 bridgehead atoms. The zero-order valence-electron chi connectivity index (χ0n) is 9.53. The summed E-state index contributed by atoms with van der Waals surface area (Å²) < 4.78 is 5.11. The van der Waals surface area contributed by atoms with Gasteiger partial charge in [-0.1, -0.05) is 6.92 Å². The van der Waals surface area contributed by atoms with Crippen molar-refractivity contribution in [3.8, 4) is 0 Å². The molecule has 0 rings (SSSR count). The summed E-state index contributed by atoms with van der Waals surface area (Å²) in [6.07, 6.45) is 0.889. The van der Waals surface area contributed by atoms with E-state index in [-0.39, 0.29) is 0 Å². The maximum Gasteiger partial charge on any atom is 0.410 e. The third-order valence-electron chi connectivity index (χ3n) is 1.75. The average Bonchev–Trinajstić information content (AvgIpc) is 2.03. The first-order chi connectivity index (χ1) is 6.31. The van der Waals surface area contributed by atoms with E-state index in [0.717, 1.165) is 6.29 Å². The number of ether oxygens (including phenoxy) is 1. The quantitative estimate of drug-likeness (QED) is 0.654. The van der Waals surface area contributed by atoms with Crippen molar-refractivity contribution in [2.75, 3.05) is 7.05 Å². The van der Waals surface area contributed by atoms with Crippen LogP contribution in [0.2, 0.25) is 0 Å². The molecule has 0 unspecified atom stereocenters. The first-order valence-electron chi connectivity index (χ1n) is 4.73. The number of nitrogens with zero attached hydrogens (tertiary/aromatic N) is 1. The van der Waals surface area contributed by atoms with Crippen LogP contribution in [0.3, 0.4) is 0 Å². The fourth-order valence-corrected chi connectivity index (χ4v) is 0.931. The van der Waals surface area contributed by atoms with Crippen molar-refractivity contribution >= 4 is 12.4 Å². The second-order valence-corrected chi connectivity index (χ2v) is 4.20. The molecule has 0 aromatic carbocycles. The lowest BCUT2D eigenvalue weighted by atomic mass is 10.2. The second-order valence-electron chi connectivity index (χ2n) is 4.20. The molecule has 0 aliphatic rings. The Morgan fingerprint density at radius 3 is 2.29 bits per heavy atom. The van der Waals surface area contributed by atoms with E-state index in [4.69, 9.17) is 4.74 Å². The largest absolute Gasteiger partial charge is 0.444 e. The lowest BCUT2D eigenvalue weighted by molar-refractivity contribution is -0.112. The van der Waals surface area contributed by atoms with Crippen LogP contribution in [0, 0.1) is 0 Å². The van der Waals surface area contributed by atoms with E-state index in [9.17, 15) is 9.59 Å². The summed E-state index contributed by atoms with van der Waals surface area (Å²) in [5.74, 6) is 0. The minimum absolute atomic E-state index is 0.398. The smallest absolute Gasteiger partial charge is 0.410 e. The molecule has 1 amide bonds. The van der Waals surface area contributed by atoms with Gasteiger partial charge in [-0.15, -0.1) is 0 Å². The number of aldehydes is 1. The summed E-state index contributed by atoms with van der Waals surface area (Å²) in [6.45, 7) is 7.22. The predicted octanol–water partition coefficient (Wildman–Crippen LogP) is 1.83. The van der Waals surface area contributed by atoms with E-state index < -0.39 is 17.7 Å². The minimum Gasteiger partial charge on any atom is -0.444 e. The van der Waals surface area contributed by atoms with E-state index in [0.29, 0.717) is 6.42 Å². The molecule has 0 heterocycles. The standard InChI is InChI=1S/C10H19NO3/c1-6-8(7-12)11(5)9(13)14-10(2,3)4/h7-8H,6H2,1-5H3/t8-/m0/s1. The molecule has 0 fully saturated rings. The SMILES string of the molecule is CC[C@@H](C=O)N(C)C(=O)OC(C)(C)C. The van der Waals surface area contributed by atoms with Crippen LogP contribution < -0.4 is 0 Å². The van der Waals surface area contributed by atoms with Crippen LogP contribution in [0.25, 0.3) is 0 Å². The molecule has 0 saturated heterocycles. The maximum absolute atomic E-state index is 11.5. The van der Waals surface area contributed by atoms with Gasteiger partial charge in [0.15, 0.2) is 0 Å². The van der Waals surface area contributed by atoms with Crippen LogP contribution in [-0.2, 0) is 9.53 Å². The van der Waals surface area contributed by atoms with Crippen molar-refractivity contribution in [1.82, 2.24) is 4.90 Å². The number of likely N-dealkylation sites (N-methyl/N-ethyl adjacent to an activating group) is 1. The molecule has 4 nitrogen and oxygen atoms in total. The van der Waals surface area contributed by atoms with Gasteiger partial charge in [-0.25, -0.2) is 4.79 Å². The van der Waals surface area contributed by atoms with Gasteiger partial charge in [0.1, 0.15) is 11.9 Å². The van der Waals surface area contributed by atoms with Crippen molar-refractivity contribution in [3.63, 3.8) is 0 Å². The Hall–Kier alpha value is -1.06. The number of hydrogen-bond acceptors (Lipinski definition) is 3.